The third-order valence-electron chi connectivity index (χ3n) is 4.23. The smallest absolute Gasteiger partial charge is 0.320 e. The predicted octanol–water partition coefficient (Wildman–Crippen LogP) is 1.90. The van der Waals surface area contributed by atoms with Crippen LogP contribution in [0.1, 0.15) is 33.1 Å². The molecule has 0 N–H and O–H groups in total. The number of hydrogen-bond donors (Lipinski definition) is 0. The van der Waals surface area contributed by atoms with Gasteiger partial charge in [-0.05, 0) is 38.5 Å². The average molecular weight is 294 g/mol. The van der Waals surface area contributed by atoms with E-state index in [1.807, 2.05) is 6.08 Å². The first-order valence-corrected chi connectivity index (χ1v) is 7.61. The van der Waals surface area contributed by atoms with Gasteiger partial charge in [-0.2, -0.15) is 0 Å². The van der Waals surface area contributed by atoms with Gasteiger partial charge in [0.05, 0.1) is 13.2 Å². The van der Waals surface area contributed by atoms with Gasteiger partial charge in [0, 0.05) is 12.3 Å². The molecular formula is C16H22O5. The van der Waals surface area contributed by atoms with Crippen LogP contribution < -0.4 is 0 Å². The quantitative estimate of drug-likeness (QED) is 0.425. The molecule has 0 spiro atoms. The highest BCUT2D eigenvalue weighted by Crippen LogP contribution is 2.41. The summed E-state index contributed by atoms with van der Waals surface area (Å²) in [6.07, 6.45) is 5.77. The van der Waals surface area contributed by atoms with E-state index in [9.17, 15) is 14.4 Å². The molecule has 2 rings (SSSR count). The number of carbonyl (C=O) groups is 3. The van der Waals surface area contributed by atoms with E-state index in [0.717, 1.165) is 6.42 Å². The molecule has 2 aliphatic rings. The molecule has 2 bridgehead atoms. The van der Waals surface area contributed by atoms with E-state index in [0.29, 0.717) is 12.3 Å². The second kappa shape index (κ2) is 6.87. The van der Waals surface area contributed by atoms with Crippen LogP contribution in [0.15, 0.2) is 12.2 Å². The summed E-state index contributed by atoms with van der Waals surface area (Å²) in [6, 6.07) is 0. The van der Waals surface area contributed by atoms with Crippen LogP contribution in [-0.2, 0) is 23.9 Å². The van der Waals surface area contributed by atoms with E-state index in [1.54, 1.807) is 13.8 Å². The number of rotatable bonds is 6. The Morgan fingerprint density at radius 2 is 1.81 bits per heavy atom. The van der Waals surface area contributed by atoms with Crippen molar-refractivity contribution in [2.24, 2.45) is 23.7 Å². The monoisotopic (exact) mass is 294 g/mol. The van der Waals surface area contributed by atoms with Gasteiger partial charge in [0.15, 0.2) is 5.92 Å². The molecule has 0 radical (unpaired) electrons. The summed E-state index contributed by atoms with van der Waals surface area (Å²) >= 11 is 0. The maximum atomic E-state index is 12.2. The van der Waals surface area contributed by atoms with Crippen LogP contribution >= 0.6 is 0 Å². The van der Waals surface area contributed by atoms with Gasteiger partial charge >= 0.3 is 11.9 Å². The number of esters is 2. The van der Waals surface area contributed by atoms with Crippen molar-refractivity contribution in [1.29, 1.82) is 0 Å². The maximum absolute atomic E-state index is 12.2. The molecule has 21 heavy (non-hydrogen) atoms. The zero-order valence-electron chi connectivity index (χ0n) is 12.5. The molecule has 0 heterocycles. The molecule has 5 nitrogen and oxygen atoms in total. The minimum Gasteiger partial charge on any atom is -0.465 e. The van der Waals surface area contributed by atoms with Crippen molar-refractivity contribution < 1.29 is 23.9 Å². The van der Waals surface area contributed by atoms with Crippen LogP contribution in [0, 0.1) is 23.7 Å². The fraction of sp³-hybridized carbons (Fsp3) is 0.688. The van der Waals surface area contributed by atoms with Crippen LogP contribution in [0.5, 0.6) is 0 Å². The Kier molecular flexibility index (Phi) is 5.15. The second-order valence-corrected chi connectivity index (χ2v) is 5.61. The number of hydrogen-bond acceptors (Lipinski definition) is 5. The fourth-order valence-corrected chi connectivity index (χ4v) is 3.24. The molecule has 0 amide bonds. The molecule has 0 aromatic heterocycles. The minimum atomic E-state index is -0.996. The third-order valence-corrected chi connectivity index (χ3v) is 4.23. The van der Waals surface area contributed by atoms with E-state index >= 15 is 0 Å². The van der Waals surface area contributed by atoms with E-state index < -0.39 is 17.9 Å². The first kappa shape index (κ1) is 15.7. The van der Waals surface area contributed by atoms with Crippen LogP contribution in [0.4, 0.5) is 0 Å². The Hall–Kier alpha value is -1.65. The number of fused-ring (bicyclic) bond motifs is 2. The standard InChI is InChI=1S/C16H22O5/c1-3-20-15(18)13(16(19)21-4-2)9-12-11-6-5-10(7-11)8-14(12)17/h5-6,10-13H,3-4,7-9H2,1-2H3/t10-,11+,12-/m0/s1. The number of carbonyl (C=O) groups excluding carboxylic acids is 3. The summed E-state index contributed by atoms with van der Waals surface area (Å²) in [5.41, 5.74) is 0. The average Bonchev–Trinajstić information content (AvgIpc) is 2.82. The third kappa shape index (κ3) is 3.52. The molecule has 116 valence electrons. The molecule has 1 saturated carbocycles. The van der Waals surface area contributed by atoms with Gasteiger partial charge in [-0.15, -0.1) is 0 Å². The molecule has 2 aliphatic carbocycles. The van der Waals surface area contributed by atoms with E-state index in [2.05, 4.69) is 6.08 Å². The minimum absolute atomic E-state index is 0.139. The number of ketones is 1. The van der Waals surface area contributed by atoms with Crippen LogP contribution in [-0.4, -0.2) is 30.9 Å². The highest BCUT2D eigenvalue weighted by molar-refractivity contribution is 5.96. The molecule has 0 aromatic carbocycles. The Morgan fingerprint density at radius 1 is 1.19 bits per heavy atom. The van der Waals surface area contributed by atoms with Crippen LogP contribution in [0.25, 0.3) is 0 Å². The van der Waals surface area contributed by atoms with Gasteiger partial charge in [0.1, 0.15) is 5.78 Å². The molecule has 3 atom stereocenters. The molecule has 0 saturated heterocycles. The lowest BCUT2D eigenvalue weighted by Gasteiger charge is -2.29. The maximum Gasteiger partial charge on any atom is 0.320 e. The lowest BCUT2D eigenvalue weighted by Crippen LogP contribution is -2.36. The number of ether oxygens (including phenoxy) is 2. The van der Waals surface area contributed by atoms with E-state index in [-0.39, 0.29) is 37.3 Å². The normalized spacial score (nSPS) is 27.0. The molecular weight excluding hydrogens is 272 g/mol. The summed E-state index contributed by atoms with van der Waals surface area (Å²) < 4.78 is 9.92. The van der Waals surface area contributed by atoms with Gasteiger partial charge in [0.2, 0.25) is 0 Å². The highest BCUT2D eigenvalue weighted by atomic mass is 16.6. The summed E-state index contributed by atoms with van der Waals surface area (Å²) in [4.78, 5) is 36.2. The van der Waals surface area contributed by atoms with Crippen molar-refractivity contribution in [1.82, 2.24) is 0 Å². The van der Waals surface area contributed by atoms with Gasteiger partial charge < -0.3 is 9.47 Å². The van der Waals surface area contributed by atoms with Gasteiger partial charge in [-0.1, -0.05) is 12.2 Å². The lowest BCUT2D eigenvalue weighted by atomic mass is 9.74. The zero-order chi connectivity index (χ0) is 15.4. The number of allylic oxidation sites excluding steroid dienone is 2. The lowest BCUT2D eigenvalue weighted by molar-refractivity contribution is -0.162. The molecule has 0 aromatic rings. The van der Waals surface area contributed by atoms with Crippen molar-refractivity contribution in [3.8, 4) is 0 Å². The first-order chi connectivity index (χ1) is 10.1. The SMILES string of the molecule is CCOC(=O)C(C[C@@H]1C(=O)C[C@H]2C=C[C@@H]1C2)C(=O)OCC. The Balaban J connectivity index is 2.09. The zero-order valence-corrected chi connectivity index (χ0v) is 12.5. The largest absolute Gasteiger partial charge is 0.465 e. The van der Waals surface area contributed by atoms with Crippen molar-refractivity contribution in [2.45, 2.75) is 33.1 Å². The van der Waals surface area contributed by atoms with Crippen molar-refractivity contribution in [2.75, 3.05) is 13.2 Å². The molecule has 0 aliphatic heterocycles. The summed E-state index contributed by atoms with van der Waals surface area (Å²) in [7, 11) is 0. The molecule has 5 heteroatoms. The topological polar surface area (TPSA) is 69.7 Å². The fourth-order valence-electron chi connectivity index (χ4n) is 3.24. The Labute approximate surface area is 124 Å². The molecule has 1 fully saturated rings. The van der Waals surface area contributed by atoms with E-state index in [1.165, 1.54) is 0 Å². The predicted molar refractivity (Wildman–Crippen MR) is 75.2 cm³/mol. The van der Waals surface area contributed by atoms with Crippen LogP contribution in [0.2, 0.25) is 0 Å². The highest BCUT2D eigenvalue weighted by Gasteiger charge is 2.42. The van der Waals surface area contributed by atoms with Crippen molar-refractivity contribution >= 4 is 17.7 Å². The summed E-state index contributed by atoms with van der Waals surface area (Å²) in [6.45, 7) is 3.80. The van der Waals surface area contributed by atoms with Crippen molar-refractivity contribution in [3.05, 3.63) is 12.2 Å². The Morgan fingerprint density at radius 3 is 2.38 bits per heavy atom. The molecule has 0 unspecified atom stereocenters. The van der Waals surface area contributed by atoms with Gasteiger partial charge in [0.25, 0.3) is 0 Å². The van der Waals surface area contributed by atoms with E-state index in [4.69, 9.17) is 9.47 Å². The summed E-state index contributed by atoms with van der Waals surface area (Å²) in [5.74, 6) is -1.84. The number of Topliss-reactive ketones (excluding diaryl/α,β-unsaturated/α-hetero) is 1. The van der Waals surface area contributed by atoms with Gasteiger partial charge in [-0.3, -0.25) is 14.4 Å². The van der Waals surface area contributed by atoms with Crippen molar-refractivity contribution in [3.63, 3.8) is 0 Å². The van der Waals surface area contributed by atoms with Gasteiger partial charge in [-0.25, -0.2) is 0 Å². The summed E-state index contributed by atoms with van der Waals surface area (Å²) in [5, 5.41) is 0. The Bertz CT molecular complexity index is 436. The second-order valence-electron chi connectivity index (χ2n) is 5.61. The van der Waals surface area contributed by atoms with Crippen LogP contribution in [0.3, 0.4) is 0 Å². The first-order valence-electron chi connectivity index (χ1n) is 7.61.